The minimum atomic E-state index is -0.988. The van der Waals surface area contributed by atoms with Crippen LogP contribution in [0.25, 0.3) is 0 Å². The van der Waals surface area contributed by atoms with Crippen LogP contribution in [0.2, 0.25) is 0 Å². The average molecular weight is 395 g/mol. The second kappa shape index (κ2) is 8.21. The highest BCUT2D eigenvalue weighted by atomic mass is 79.9. The normalized spacial score (nSPS) is 9.92. The molecular formula is C16H12BrFN2O4. The van der Waals surface area contributed by atoms with Crippen LogP contribution in [0.4, 0.5) is 4.39 Å². The predicted octanol–water partition coefficient (Wildman–Crippen LogP) is 2.21. The highest BCUT2D eigenvalue weighted by Crippen LogP contribution is 2.16. The molecule has 0 aliphatic carbocycles. The van der Waals surface area contributed by atoms with Gasteiger partial charge in [0.1, 0.15) is 5.82 Å². The summed E-state index contributed by atoms with van der Waals surface area (Å²) in [5, 5.41) is 0. The van der Waals surface area contributed by atoms with E-state index in [1.807, 2.05) is 0 Å². The molecule has 2 aromatic carbocycles. The van der Waals surface area contributed by atoms with Gasteiger partial charge in [0.25, 0.3) is 11.8 Å². The van der Waals surface area contributed by atoms with E-state index in [0.29, 0.717) is 10.0 Å². The van der Waals surface area contributed by atoms with Crippen molar-refractivity contribution < 1.29 is 23.5 Å². The SMILES string of the molecule is O=C(COC(=O)c1cc(Br)ccc1F)NNC(=O)c1ccccc1. The standard InChI is InChI=1S/C16H12BrFN2O4/c17-11-6-7-13(18)12(8-11)16(23)24-9-14(21)19-20-15(22)10-4-2-1-3-5-10/h1-8H,9H2,(H,19,21)(H,20,22). The maximum atomic E-state index is 13.5. The van der Waals surface area contributed by atoms with E-state index in [0.717, 1.165) is 6.07 Å². The lowest BCUT2D eigenvalue weighted by atomic mass is 10.2. The number of carbonyl (C=O) groups is 3. The van der Waals surface area contributed by atoms with Crippen molar-refractivity contribution in [3.63, 3.8) is 0 Å². The molecule has 2 N–H and O–H groups in total. The Morgan fingerprint density at radius 3 is 2.46 bits per heavy atom. The van der Waals surface area contributed by atoms with Crippen LogP contribution in [0.15, 0.2) is 53.0 Å². The molecule has 0 aliphatic rings. The topological polar surface area (TPSA) is 84.5 Å². The summed E-state index contributed by atoms with van der Waals surface area (Å²) in [6.45, 7) is -0.667. The van der Waals surface area contributed by atoms with Gasteiger partial charge in [-0.2, -0.15) is 0 Å². The minimum absolute atomic E-state index is 0.300. The van der Waals surface area contributed by atoms with Gasteiger partial charge in [0.2, 0.25) is 0 Å². The zero-order valence-electron chi connectivity index (χ0n) is 12.2. The second-order valence-corrected chi connectivity index (χ2v) is 5.48. The van der Waals surface area contributed by atoms with Crippen LogP contribution in [0.5, 0.6) is 0 Å². The van der Waals surface area contributed by atoms with Gasteiger partial charge in [0.15, 0.2) is 6.61 Å². The third kappa shape index (κ3) is 4.88. The number of hydrogen-bond donors (Lipinski definition) is 2. The lowest BCUT2D eigenvalue weighted by molar-refractivity contribution is -0.125. The maximum Gasteiger partial charge on any atom is 0.341 e. The van der Waals surface area contributed by atoms with E-state index >= 15 is 0 Å². The molecule has 24 heavy (non-hydrogen) atoms. The summed E-state index contributed by atoms with van der Waals surface area (Å²) in [7, 11) is 0. The first-order valence-electron chi connectivity index (χ1n) is 6.74. The summed E-state index contributed by atoms with van der Waals surface area (Å²) < 4.78 is 18.7. The molecule has 2 rings (SSSR count). The number of halogens is 2. The van der Waals surface area contributed by atoms with Gasteiger partial charge >= 0.3 is 5.97 Å². The molecule has 6 nitrogen and oxygen atoms in total. The molecule has 0 atom stereocenters. The molecule has 0 heterocycles. The molecule has 0 saturated heterocycles. The molecule has 0 aliphatic heterocycles. The molecule has 0 saturated carbocycles. The highest BCUT2D eigenvalue weighted by molar-refractivity contribution is 9.10. The Labute approximate surface area is 145 Å². The van der Waals surface area contributed by atoms with Gasteiger partial charge in [-0.25, -0.2) is 9.18 Å². The number of ether oxygens (including phenoxy) is 1. The molecule has 0 spiro atoms. The number of rotatable bonds is 4. The van der Waals surface area contributed by atoms with Gasteiger partial charge in [0, 0.05) is 10.0 Å². The monoisotopic (exact) mass is 394 g/mol. The molecule has 0 aromatic heterocycles. The van der Waals surface area contributed by atoms with Crippen LogP contribution in [0.3, 0.4) is 0 Å². The van der Waals surface area contributed by atoms with Crippen LogP contribution in [0.1, 0.15) is 20.7 Å². The Hall–Kier alpha value is -2.74. The van der Waals surface area contributed by atoms with Gasteiger partial charge in [0.05, 0.1) is 5.56 Å². The second-order valence-electron chi connectivity index (χ2n) is 4.57. The van der Waals surface area contributed by atoms with Gasteiger partial charge in [-0.3, -0.25) is 20.4 Å². The summed E-state index contributed by atoms with van der Waals surface area (Å²) in [4.78, 5) is 35.0. The number of carbonyl (C=O) groups excluding carboxylic acids is 3. The number of nitrogens with one attached hydrogen (secondary N) is 2. The zero-order valence-corrected chi connectivity index (χ0v) is 13.8. The molecule has 0 unspecified atom stereocenters. The molecule has 0 bridgehead atoms. The van der Waals surface area contributed by atoms with Gasteiger partial charge in [-0.1, -0.05) is 34.1 Å². The van der Waals surface area contributed by atoms with E-state index < -0.39 is 30.2 Å². The Morgan fingerprint density at radius 2 is 1.75 bits per heavy atom. The van der Waals surface area contributed by atoms with Crippen LogP contribution < -0.4 is 10.9 Å². The third-order valence-electron chi connectivity index (χ3n) is 2.83. The molecule has 2 aromatic rings. The summed E-state index contributed by atoms with van der Waals surface area (Å²) in [5.74, 6) is -3.03. The van der Waals surface area contributed by atoms with Gasteiger partial charge < -0.3 is 4.74 Å². The van der Waals surface area contributed by atoms with E-state index in [2.05, 4.69) is 26.8 Å². The zero-order chi connectivity index (χ0) is 17.5. The van der Waals surface area contributed by atoms with E-state index in [1.54, 1.807) is 30.3 Å². The van der Waals surface area contributed by atoms with Gasteiger partial charge in [-0.15, -0.1) is 0 Å². The fourth-order valence-electron chi connectivity index (χ4n) is 1.69. The summed E-state index contributed by atoms with van der Waals surface area (Å²) in [6, 6.07) is 12.0. The van der Waals surface area contributed by atoms with E-state index in [4.69, 9.17) is 4.74 Å². The molecule has 8 heteroatoms. The Balaban J connectivity index is 1.82. The van der Waals surface area contributed by atoms with Crippen molar-refractivity contribution in [2.45, 2.75) is 0 Å². The Kier molecular flexibility index (Phi) is 6.02. The minimum Gasteiger partial charge on any atom is -0.452 e. The smallest absolute Gasteiger partial charge is 0.341 e. The molecular weight excluding hydrogens is 383 g/mol. The first kappa shape index (κ1) is 17.6. The predicted molar refractivity (Wildman–Crippen MR) is 86.4 cm³/mol. The summed E-state index contributed by atoms with van der Waals surface area (Å²) in [6.07, 6.45) is 0. The van der Waals surface area contributed by atoms with Gasteiger partial charge in [-0.05, 0) is 30.3 Å². The number of esters is 1. The summed E-state index contributed by atoms with van der Waals surface area (Å²) >= 11 is 3.11. The fraction of sp³-hybridized carbons (Fsp3) is 0.0625. The van der Waals surface area contributed by atoms with Crippen molar-refractivity contribution in [3.05, 3.63) is 69.9 Å². The first-order chi connectivity index (χ1) is 11.5. The van der Waals surface area contributed by atoms with E-state index in [1.165, 1.54) is 12.1 Å². The van der Waals surface area contributed by atoms with Crippen LogP contribution in [-0.4, -0.2) is 24.4 Å². The van der Waals surface area contributed by atoms with E-state index in [-0.39, 0.29) is 5.56 Å². The van der Waals surface area contributed by atoms with E-state index in [9.17, 15) is 18.8 Å². The lowest BCUT2D eigenvalue weighted by Gasteiger charge is -2.08. The Bertz CT molecular complexity index is 768. The molecule has 0 fully saturated rings. The number of hydrazine groups is 1. The van der Waals surface area contributed by atoms with Crippen molar-refractivity contribution in [2.24, 2.45) is 0 Å². The quantitative estimate of drug-likeness (QED) is 0.614. The highest BCUT2D eigenvalue weighted by Gasteiger charge is 2.15. The van der Waals surface area contributed by atoms with Crippen molar-refractivity contribution in [1.29, 1.82) is 0 Å². The largest absolute Gasteiger partial charge is 0.452 e. The number of hydrogen-bond acceptors (Lipinski definition) is 4. The van der Waals surface area contributed by atoms with Crippen molar-refractivity contribution >= 4 is 33.7 Å². The van der Waals surface area contributed by atoms with Crippen LogP contribution >= 0.6 is 15.9 Å². The lowest BCUT2D eigenvalue weighted by Crippen LogP contribution is -2.43. The summed E-state index contributed by atoms with van der Waals surface area (Å²) in [5.41, 5.74) is 4.32. The average Bonchev–Trinajstić information content (AvgIpc) is 2.60. The van der Waals surface area contributed by atoms with Crippen molar-refractivity contribution in [3.8, 4) is 0 Å². The van der Waals surface area contributed by atoms with Crippen LogP contribution in [0, 0.1) is 5.82 Å². The molecule has 2 amide bonds. The van der Waals surface area contributed by atoms with Crippen molar-refractivity contribution in [2.75, 3.05) is 6.61 Å². The third-order valence-corrected chi connectivity index (χ3v) is 3.33. The van der Waals surface area contributed by atoms with Crippen LogP contribution in [-0.2, 0) is 9.53 Å². The number of amides is 2. The number of benzene rings is 2. The first-order valence-corrected chi connectivity index (χ1v) is 7.53. The fourth-order valence-corrected chi connectivity index (χ4v) is 2.05. The Morgan fingerprint density at radius 1 is 1.04 bits per heavy atom. The molecule has 0 radical (unpaired) electrons. The van der Waals surface area contributed by atoms with Crippen molar-refractivity contribution in [1.82, 2.24) is 10.9 Å². The maximum absolute atomic E-state index is 13.5. The molecule has 124 valence electrons.